The summed E-state index contributed by atoms with van der Waals surface area (Å²) in [6.45, 7) is 2.04. The number of halogens is 1. The van der Waals surface area contributed by atoms with E-state index in [4.69, 9.17) is 4.74 Å². The van der Waals surface area contributed by atoms with Gasteiger partial charge >= 0.3 is 0 Å². The monoisotopic (exact) mass is 502 g/mol. The molecule has 1 fully saturated rings. The molecule has 0 aliphatic carbocycles. The van der Waals surface area contributed by atoms with Crippen LogP contribution in [0.4, 0.5) is 0 Å². The Bertz CT molecular complexity index is 602. The largest absolute Gasteiger partial charge is 0.377 e. The Morgan fingerprint density at radius 1 is 1.40 bits per heavy atom. The highest BCUT2D eigenvalue weighted by Crippen LogP contribution is 2.11. The van der Waals surface area contributed by atoms with E-state index in [1.807, 2.05) is 17.5 Å². The summed E-state index contributed by atoms with van der Waals surface area (Å²) in [5.41, 5.74) is 0. The van der Waals surface area contributed by atoms with Crippen LogP contribution in [0.15, 0.2) is 22.5 Å². The van der Waals surface area contributed by atoms with Crippen LogP contribution in [0.2, 0.25) is 0 Å². The zero-order valence-electron chi connectivity index (χ0n) is 14.4. The summed E-state index contributed by atoms with van der Waals surface area (Å²) >= 11 is 1.66. The minimum Gasteiger partial charge on any atom is -0.377 e. The second-order valence-electron chi connectivity index (χ2n) is 5.59. The fraction of sp³-hybridized carbons (Fsp3) is 0.667. The van der Waals surface area contributed by atoms with Crippen molar-refractivity contribution in [2.75, 3.05) is 32.5 Å². The minimum absolute atomic E-state index is 0. The maximum absolute atomic E-state index is 12.0. The Kier molecular flexibility index (Phi) is 10.9. The zero-order chi connectivity index (χ0) is 17.3. The SMILES string of the molecule is CN=C(NCCS(=O)(=O)NCC1CCCCO1)NCc1cccs1.I. The van der Waals surface area contributed by atoms with Gasteiger partial charge < -0.3 is 15.4 Å². The van der Waals surface area contributed by atoms with Crippen molar-refractivity contribution in [3.05, 3.63) is 22.4 Å². The molecule has 0 saturated carbocycles. The van der Waals surface area contributed by atoms with Gasteiger partial charge in [-0.3, -0.25) is 4.99 Å². The number of nitrogens with zero attached hydrogens (tertiary/aromatic N) is 1. The molecule has 1 aromatic heterocycles. The van der Waals surface area contributed by atoms with Crippen molar-refractivity contribution < 1.29 is 13.2 Å². The Hall–Kier alpha value is -0.430. The molecular formula is C15H27IN4O3S2. The highest BCUT2D eigenvalue weighted by atomic mass is 127. The fourth-order valence-corrected chi connectivity index (χ4v) is 3.97. The third-order valence-corrected chi connectivity index (χ3v) is 5.93. The van der Waals surface area contributed by atoms with Crippen LogP contribution in [0.5, 0.6) is 0 Å². The smallest absolute Gasteiger partial charge is 0.213 e. The molecule has 144 valence electrons. The number of ether oxygens (including phenoxy) is 1. The van der Waals surface area contributed by atoms with E-state index in [0.29, 0.717) is 25.6 Å². The number of aliphatic imine (C=N–C) groups is 1. The predicted molar refractivity (Wildman–Crippen MR) is 113 cm³/mol. The molecule has 10 heteroatoms. The van der Waals surface area contributed by atoms with Crippen LogP contribution in [0, 0.1) is 0 Å². The minimum atomic E-state index is -3.32. The molecule has 0 aromatic carbocycles. The molecule has 0 amide bonds. The Balaban J connectivity index is 0.00000312. The number of hydrogen-bond acceptors (Lipinski definition) is 5. The predicted octanol–water partition coefficient (Wildman–Crippen LogP) is 1.52. The molecule has 0 bridgehead atoms. The molecule has 2 rings (SSSR count). The number of rotatable bonds is 8. The second kappa shape index (κ2) is 12.0. The molecule has 25 heavy (non-hydrogen) atoms. The van der Waals surface area contributed by atoms with Crippen molar-refractivity contribution in [2.24, 2.45) is 4.99 Å². The normalized spacial score (nSPS) is 18.4. The van der Waals surface area contributed by atoms with Gasteiger partial charge in [0.2, 0.25) is 10.0 Å². The van der Waals surface area contributed by atoms with Crippen molar-refractivity contribution in [1.29, 1.82) is 0 Å². The first-order valence-electron chi connectivity index (χ1n) is 8.15. The molecule has 7 nitrogen and oxygen atoms in total. The molecule has 0 spiro atoms. The van der Waals surface area contributed by atoms with Crippen LogP contribution in [0.25, 0.3) is 0 Å². The van der Waals surface area contributed by atoms with E-state index in [9.17, 15) is 8.42 Å². The van der Waals surface area contributed by atoms with Gasteiger partial charge in [0, 0.05) is 31.6 Å². The molecule has 1 aromatic rings. The standard InChI is InChI=1S/C15H26N4O3S2.HI/c1-16-15(18-12-14-6-4-9-23-14)17-7-10-24(20,21)19-11-13-5-2-3-8-22-13;/h4,6,9,13,19H,2-3,5,7-8,10-12H2,1H3,(H2,16,17,18);1H. The van der Waals surface area contributed by atoms with E-state index in [2.05, 4.69) is 20.3 Å². The summed E-state index contributed by atoms with van der Waals surface area (Å²) in [4.78, 5) is 5.28. The van der Waals surface area contributed by atoms with Gasteiger partial charge in [0.25, 0.3) is 0 Å². The first-order chi connectivity index (χ1) is 11.6. The summed E-state index contributed by atoms with van der Waals surface area (Å²) in [6.07, 6.45) is 3.08. The van der Waals surface area contributed by atoms with Gasteiger partial charge in [0.05, 0.1) is 18.4 Å². The lowest BCUT2D eigenvalue weighted by atomic mass is 10.1. The average Bonchev–Trinajstić information content (AvgIpc) is 3.10. The third-order valence-electron chi connectivity index (χ3n) is 3.70. The van der Waals surface area contributed by atoms with Gasteiger partial charge in [-0.15, -0.1) is 35.3 Å². The fourth-order valence-electron chi connectivity index (χ4n) is 2.37. The molecule has 3 N–H and O–H groups in total. The Labute approximate surface area is 171 Å². The molecule has 1 aliphatic rings. The van der Waals surface area contributed by atoms with E-state index in [1.54, 1.807) is 18.4 Å². The number of sulfonamides is 1. The maximum atomic E-state index is 12.0. The van der Waals surface area contributed by atoms with Crippen molar-refractivity contribution in [1.82, 2.24) is 15.4 Å². The van der Waals surface area contributed by atoms with Crippen LogP contribution >= 0.6 is 35.3 Å². The van der Waals surface area contributed by atoms with Crippen LogP contribution < -0.4 is 15.4 Å². The summed E-state index contributed by atoms with van der Waals surface area (Å²) in [5.74, 6) is 0.591. The first-order valence-corrected chi connectivity index (χ1v) is 10.7. The van der Waals surface area contributed by atoms with Gasteiger partial charge in [-0.2, -0.15) is 0 Å². The summed E-state index contributed by atoms with van der Waals surface area (Å²) in [6, 6.07) is 4.03. The lowest BCUT2D eigenvalue weighted by Crippen LogP contribution is -2.42. The van der Waals surface area contributed by atoms with Gasteiger partial charge in [0.15, 0.2) is 5.96 Å². The average molecular weight is 502 g/mol. The van der Waals surface area contributed by atoms with Crippen molar-refractivity contribution in [2.45, 2.75) is 31.9 Å². The van der Waals surface area contributed by atoms with Gasteiger partial charge in [-0.1, -0.05) is 6.07 Å². The lowest BCUT2D eigenvalue weighted by Gasteiger charge is -2.22. The van der Waals surface area contributed by atoms with Crippen molar-refractivity contribution >= 4 is 51.3 Å². The molecule has 1 unspecified atom stereocenters. The molecular weight excluding hydrogens is 475 g/mol. The Morgan fingerprint density at radius 2 is 2.24 bits per heavy atom. The summed E-state index contributed by atoms with van der Waals surface area (Å²) in [7, 11) is -1.65. The number of hydrogen-bond donors (Lipinski definition) is 3. The second-order valence-corrected chi connectivity index (χ2v) is 8.55. The van der Waals surface area contributed by atoms with E-state index in [1.165, 1.54) is 4.88 Å². The quantitative estimate of drug-likeness (QED) is 0.285. The van der Waals surface area contributed by atoms with Gasteiger partial charge in [0.1, 0.15) is 0 Å². The van der Waals surface area contributed by atoms with E-state index < -0.39 is 10.0 Å². The van der Waals surface area contributed by atoms with Crippen LogP contribution in [0.3, 0.4) is 0 Å². The molecule has 1 atom stereocenters. The molecule has 1 saturated heterocycles. The van der Waals surface area contributed by atoms with Crippen LogP contribution in [0.1, 0.15) is 24.1 Å². The van der Waals surface area contributed by atoms with Gasteiger partial charge in [-0.05, 0) is 30.7 Å². The van der Waals surface area contributed by atoms with Crippen molar-refractivity contribution in [3.63, 3.8) is 0 Å². The summed E-state index contributed by atoms with van der Waals surface area (Å²) < 4.78 is 32.2. The van der Waals surface area contributed by atoms with Crippen LogP contribution in [-0.4, -0.2) is 53.0 Å². The maximum Gasteiger partial charge on any atom is 0.213 e. The molecule has 2 heterocycles. The van der Waals surface area contributed by atoms with E-state index in [-0.39, 0.29) is 35.8 Å². The first kappa shape index (κ1) is 22.6. The molecule has 0 radical (unpaired) electrons. The number of guanidine groups is 1. The van der Waals surface area contributed by atoms with E-state index >= 15 is 0 Å². The highest BCUT2D eigenvalue weighted by Gasteiger charge is 2.17. The Morgan fingerprint density at radius 3 is 2.88 bits per heavy atom. The van der Waals surface area contributed by atoms with Gasteiger partial charge in [-0.25, -0.2) is 13.1 Å². The summed E-state index contributed by atoms with van der Waals surface area (Å²) in [5, 5.41) is 8.19. The topological polar surface area (TPSA) is 91.8 Å². The number of nitrogens with one attached hydrogen (secondary N) is 3. The third kappa shape index (κ3) is 9.18. The lowest BCUT2D eigenvalue weighted by molar-refractivity contribution is 0.0200. The number of thiophene rings is 1. The zero-order valence-corrected chi connectivity index (χ0v) is 18.3. The molecule has 1 aliphatic heterocycles. The van der Waals surface area contributed by atoms with Crippen LogP contribution in [-0.2, 0) is 21.3 Å². The van der Waals surface area contributed by atoms with Crippen molar-refractivity contribution in [3.8, 4) is 0 Å². The highest BCUT2D eigenvalue weighted by molar-refractivity contribution is 14.0. The van der Waals surface area contributed by atoms with E-state index in [0.717, 1.165) is 25.9 Å².